The van der Waals surface area contributed by atoms with Crippen molar-refractivity contribution in [2.24, 2.45) is 0 Å². The average Bonchev–Trinajstić information content (AvgIpc) is 1.39. The Balaban J connectivity index is -0.0000000400. The maximum atomic E-state index is 8.35. The molecule has 0 aliphatic heterocycles. The zero-order valence-electron chi connectivity index (χ0n) is 4.42. The van der Waals surface area contributed by atoms with E-state index in [1.165, 1.54) is 0 Å². The minimum atomic E-state index is -1.08. The molecule has 0 aliphatic rings. The molecule has 0 bridgehead atoms. The normalized spacial score (nSPS) is 5.57. The van der Waals surface area contributed by atoms with Gasteiger partial charge in [-0.25, -0.2) is 0 Å². The fraction of sp³-hybridized carbons (Fsp3) is 1.00. The minimum Gasteiger partial charge on any atom is -0.772 e. The van der Waals surface area contributed by atoms with Gasteiger partial charge >= 0.3 is 29.6 Å². The fourth-order valence-electron chi connectivity index (χ4n) is 0. The van der Waals surface area contributed by atoms with Crippen LogP contribution in [0.3, 0.4) is 0 Å². The van der Waals surface area contributed by atoms with Crippen LogP contribution in [0, 0.1) is 0 Å². The van der Waals surface area contributed by atoms with E-state index in [0.29, 0.717) is 0 Å². The SMILES string of the molecule is CCO.O=P[O-].[Na+]. The molecular weight excluding hydrogens is 126 g/mol. The van der Waals surface area contributed by atoms with Crippen molar-refractivity contribution < 1.29 is 44.1 Å². The summed E-state index contributed by atoms with van der Waals surface area (Å²) >= 11 is 0. The topological polar surface area (TPSA) is 60.4 Å². The van der Waals surface area contributed by atoms with Gasteiger partial charge in [0.15, 0.2) is 0 Å². The van der Waals surface area contributed by atoms with Crippen LogP contribution in [0.25, 0.3) is 0 Å². The van der Waals surface area contributed by atoms with Crippen LogP contribution >= 0.6 is 8.69 Å². The molecule has 0 unspecified atom stereocenters. The van der Waals surface area contributed by atoms with E-state index in [9.17, 15) is 0 Å². The summed E-state index contributed by atoms with van der Waals surface area (Å²) in [5, 5.41) is 7.57. The molecule has 0 fully saturated rings. The van der Waals surface area contributed by atoms with Crippen LogP contribution in [0.4, 0.5) is 0 Å². The third-order valence-corrected chi connectivity index (χ3v) is 0. The van der Waals surface area contributed by atoms with Crippen molar-refractivity contribution in [1.29, 1.82) is 0 Å². The van der Waals surface area contributed by atoms with Crippen LogP contribution in [0.2, 0.25) is 0 Å². The van der Waals surface area contributed by atoms with Gasteiger partial charge in [-0.3, -0.25) is 4.57 Å². The molecule has 0 aromatic rings. The van der Waals surface area contributed by atoms with E-state index in [2.05, 4.69) is 0 Å². The predicted octanol–water partition coefficient (Wildman–Crippen LogP) is -3.44. The maximum Gasteiger partial charge on any atom is 1.00 e. The van der Waals surface area contributed by atoms with Gasteiger partial charge in [-0.15, -0.1) is 0 Å². The van der Waals surface area contributed by atoms with Gasteiger partial charge in [0.05, 0.1) is 8.69 Å². The molecule has 0 radical (unpaired) electrons. The first-order chi connectivity index (χ1) is 2.83. The Bertz CT molecular complexity index is 26.9. The Morgan fingerprint density at radius 2 is 1.86 bits per heavy atom. The Kier molecular flexibility index (Phi) is 62.5. The largest absolute Gasteiger partial charge is 1.00 e. The van der Waals surface area contributed by atoms with Gasteiger partial charge in [0.1, 0.15) is 0 Å². The number of hydrogen-bond acceptors (Lipinski definition) is 3. The van der Waals surface area contributed by atoms with Gasteiger partial charge in [0, 0.05) is 6.61 Å². The van der Waals surface area contributed by atoms with Crippen LogP contribution in [-0.2, 0) is 4.57 Å². The van der Waals surface area contributed by atoms with E-state index < -0.39 is 8.69 Å². The second kappa shape index (κ2) is 27.9. The van der Waals surface area contributed by atoms with E-state index >= 15 is 0 Å². The second-order valence-electron chi connectivity index (χ2n) is 0.391. The number of hydrogen-bond donors (Lipinski definition) is 1. The molecule has 3 nitrogen and oxygen atoms in total. The average molecular weight is 132 g/mol. The van der Waals surface area contributed by atoms with Crippen molar-refractivity contribution in [2.75, 3.05) is 6.61 Å². The quantitative estimate of drug-likeness (QED) is 0.275. The van der Waals surface area contributed by atoms with E-state index in [-0.39, 0.29) is 36.2 Å². The molecule has 0 rings (SSSR count). The summed E-state index contributed by atoms with van der Waals surface area (Å²) in [6.45, 7) is 1.93. The number of aliphatic hydroxyl groups is 1. The zero-order valence-corrected chi connectivity index (χ0v) is 7.31. The first kappa shape index (κ1) is 15.7. The Morgan fingerprint density at radius 3 is 1.86 bits per heavy atom. The summed E-state index contributed by atoms with van der Waals surface area (Å²) in [4.78, 5) is 8.35. The zero-order chi connectivity index (χ0) is 5.41. The minimum absolute atomic E-state index is 0. The molecule has 0 saturated heterocycles. The molecule has 0 saturated carbocycles. The monoisotopic (exact) mass is 132 g/mol. The van der Waals surface area contributed by atoms with Gasteiger partial charge < -0.3 is 10.00 Å². The maximum absolute atomic E-state index is 8.35. The van der Waals surface area contributed by atoms with E-state index in [1.54, 1.807) is 6.92 Å². The number of aliphatic hydroxyl groups excluding tert-OH is 1. The first-order valence-corrected chi connectivity index (χ1v) is 2.12. The van der Waals surface area contributed by atoms with Crippen LogP contribution in [-0.4, -0.2) is 11.7 Å². The molecule has 0 spiro atoms. The van der Waals surface area contributed by atoms with Crippen LogP contribution in [0.5, 0.6) is 0 Å². The Labute approximate surface area is 66.3 Å². The molecule has 5 heteroatoms. The van der Waals surface area contributed by atoms with Gasteiger partial charge in [0.2, 0.25) is 0 Å². The molecule has 0 atom stereocenters. The van der Waals surface area contributed by atoms with Crippen molar-refractivity contribution in [2.45, 2.75) is 6.92 Å². The first-order valence-electron chi connectivity index (χ1n) is 1.39. The van der Waals surface area contributed by atoms with Crippen LogP contribution < -0.4 is 34.5 Å². The summed E-state index contributed by atoms with van der Waals surface area (Å²) < 4.78 is 8.35. The van der Waals surface area contributed by atoms with Crippen molar-refractivity contribution in [1.82, 2.24) is 0 Å². The Morgan fingerprint density at radius 1 is 1.86 bits per heavy atom. The van der Waals surface area contributed by atoms with Gasteiger partial charge in [-0.05, 0) is 6.92 Å². The molecular formula is C2H6NaO3P. The van der Waals surface area contributed by atoms with E-state index in [1.807, 2.05) is 0 Å². The molecule has 0 aliphatic carbocycles. The van der Waals surface area contributed by atoms with Gasteiger partial charge in [-0.1, -0.05) is 0 Å². The van der Waals surface area contributed by atoms with E-state index in [4.69, 9.17) is 14.6 Å². The smallest absolute Gasteiger partial charge is 0.772 e. The molecule has 0 aromatic heterocycles. The molecule has 0 amide bonds. The third kappa shape index (κ3) is 170. The Hall–Kier alpha value is 1.02. The summed E-state index contributed by atoms with van der Waals surface area (Å²) in [6, 6.07) is 0. The molecule has 0 aromatic carbocycles. The van der Waals surface area contributed by atoms with Gasteiger partial charge in [-0.2, -0.15) is 0 Å². The summed E-state index contributed by atoms with van der Waals surface area (Å²) in [5.41, 5.74) is 0. The predicted molar refractivity (Wildman–Crippen MR) is 20.4 cm³/mol. The van der Waals surface area contributed by atoms with E-state index in [0.717, 1.165) is 0 Å². The van der Waals surface area contributed by atoms with Crippen LogP contribution in [0.1, 0.15) is 6.92 Å². The van der Waals surface area contributed by atoms with Crippen molar-refractivity contribution in [3.63, 3.8) is 0 Å². The second-order valence-corrected chi connectivity index (χ2v) is 0.540. The van der Waals surface area contributed by atoms with Crippen molar-refractivity contribution >= 4 is 8.69 Å². The molecule has 0 heterocycles. The fourth-order valence-corrected chi connectivity index (χ4v) is 0. The molecule has 1 N–H and O–H groups in total. The standard InChI is InChI=1S/C2H6O.Na.HO2P/c1-2-3;;1-3-2/h3H,2H2,1H3;;(H,1,2)/q;+1;/p-1. The van der Waals surface area contributed by atoms with Gasteiger partial charge in [0.25, 0.3) is 0 Å². The summed E-state index contributed by atoms with van der Waals surface area (Å²) in [7, 11) is -1.08. The summed E-state index contributed by atoms with van der Waals surface area (Å²) in [5.74, 6) is 0. The number of rotatable bonds is 0. The summed E-state index contributed by atoms with van der Waals surface area (Å²) in [6.07, 6.45) is 0. The van der Waals surface area contributed by atoms with Crippen molar-refractivity contribution in [3.8, 4) is 0 Å². The third-order valence-electron chi connectivity index (χ3n) is 0. The molecule has 38 valence electrons. The molecule has 7 heavy (non-hydrogen) atoms. The van der Waals surface area contributed by atoms with Crippen LogP contribution in [0.15, 0.2) is 0 Å². The van der Waals surface area contributed by atoms with Crippen molar-refractivity contribution in [3.05, 3.63) is 0 Å².